The molecule has 1 aliphatic heterocycles. The van der Waals surface area contributed by atoms with Gasteiger partial charge in [0, 0.05) is 23.4 Å². The number of aryl methyl sites for hydroxylation is 1. The molecule has 2 aromatic heterocycles. The van der Waals surface area contributed by atoms with E-state index in [2.05, 4.69) is 5.10 Å². The summed E-state index contributed by atoms with van der Waals surface area (Å²) in [6.45, 7) is 5.27. The predicted octanol–water partition coefficient (Wildman–Crippen LogP) is 3.43. The molecule has 1 saturated carbocycles. The first-order chi connectivity index (χ1) is 12.1. The average Bonchev–Trinajstić information content (AvgIpc) is 3.29. The number of carbonyl (C=O) groups is 1. The Morgan fingerprint density at radius 2 is 2.04 bits per heavy atom. The molecule has 0 radical (unpaired) electrons. The van der Waals surface area contributed by atoms with Crippen molar-refractivity contribution < 1.29 is 9.21 Å². The molecule has 0 saturated heterocycles. The molecule has 6 heteroatoms. The van der Waals surface area contributed by atoms with Gasteiger partial charge in [-0.3, -0.25) is 4.79 Å². The van der Waals surface area contributed by atoms with Crippen LogP contribution in [0.5, 0.6) is 0 Å². The Hall–Kier alpha value is -2.63. The van der Waals surface area contributed by atoms with Gasteiger partial charge in [-0.2, -0.15) is 5.10 Å². The van der Waals surface area contributed by atoms with Crippen LogP contribution in [0.1, 0.15) is 59.5 Å². The zero-order chi connectivity index (χ0) is 17.1. The van der Waals surface area contributed by atoms with E-state index in [-0.39, 0.29) is 11.9 Å². The molecule has 1 aliphatic carbocycles. The second kappa shape index (κ2) is 5.18. The molecule has 0 N–H and O–H groups in total. The van der Waals surface area contributed by atoms with E-state index in [9.17, 15) is 4.79 Å². The van der Waals surface area contributed by atoms with E-state index in [1.807, 2.05) is 47.7 Å². The lowest BCUT2D eigenvalue weighted by atomic mass is 10.1. The number of nitrogens with zero attached hydrogens (tertiary/aromatic N) is 4. The molecule has 3 aromatic rings. The minimum atomic E-state index is -0.103. The highest BCUT2D eigenvalue weighted by Crippen LogP contribution is 2.39. The number of hydrogen-bond donors (Lipinski definition) is 0. The van der Waals surface area contributed by atoms with Gasteiger partial charge in [-0.1, -0.05) is 18.2 Å². The van der Waals surface area contributed by atoms with E-state index in [1.54, 1.807) is 0 Å². The number of benzene rings is 1. The molecule has 5 rings (SSSR count). The molecule has 1 fully saturated rings. The topological polar surface area (TPSA) is 64.2 Å². The third kappa shape index (κ3) is 2.20. The molecule has 0 bridgehead atoms. The van der Waals surface area contributed by atoms with Gasteiger partial charge in [0.05, 0.1) is 12.6 Å². The lowest BCUT2D eigenvalue weighted by molar-refractivity contribution is 0.0599. The highest BCUT2D eigenvalue weighted by molar-refractivity contribution is 5.99. The van der Waals surface area contributed by atoms with Crippen LogP contribution in [0.15, 0.2) is 28.7 Å². The van der Waals surface area contributed by atoms with Gasteiger partial charge in [-0.05, 0) is 32.8 Å². The molecule has 25 heavy (non-hydrogen) atoms. The highest BCUT2D eigenvalue weighted by atomic mass is 16.3. The first kappa shape index (κ1) is 14.7. The van der Waals surface area contributed by atoms with Crippen LogP contribution in [0, 0.1) is 6.92 Å². The van der Waals surface area contributed by atoms with E-state index < -0.39 is 0 Å². The zero-order valence-corrected chi connectivity index (χ0v) is 14.4. The summed E-state index contributed by atoms with van der Waals surface area (Å²) < 4.78 is 7.84. The second-order valence-electron chi connectivity index (χ2n) is 7.05. The average molecular weight is 336 g/mol. The van der Waals surface area contributed by atoms with Crippen molar-refractivity contribution in [1.82, 2.24) is 19.7 Å². The van der Waals surface area contributed by atoms with Crippen LogP contribution in [0.2, 0.25) is 0 Å². The smallest absolute Gasteiger partial charge is 0.290 e. The lowest BCUT2D eigenvalue weighted by Gasteiger charge is -2.32. The van der Waals surface area contributed by atoms with Crippen molar-refractivity contribution in [3.63, 3.8) is 0 Å². The van der Waals surface area contributed by atoms with E-state index in [4.69, 9.17) is 9.40 Å². The number of hydrogen-bond acceptors (Lipinski definition) is 4. The van der Waals surface area contributed by atoms with Crippen LogP contribution in [-0.2, 0) is 6.54 Å². The van der Waals surface area contributed by atoms with Crippen molar-refractivity contribution >= 4 is 16.9 Å². The first-order valence-corrected chi connectivity index (χ1v) is 8.87. The fourth-order valence-corrected chi connectivity index (χ4v) is 3.68. The normalized spacial score (nSPS) is 20.1. The van der Waals surface area contributed by atoms with Gasteiger partial charge in [0.15, 0.2) is 11.6 Å². The van der Waals surface area contributed by atoms with Crippen molar-refractivity contribution in [2.75, 3.05) is 6.54 Å². The van der Waals surface area contributed by atoms with Crippen molar-refractivity contribution in [1.29, 1.82) is 0 Å². The van der Waals surface area contributed by atoms with Gasteiger partial charge in [-0.25, -0.2) is 9.67 Å². The van der Waals surface area contributed by atoms with Crippen LogP contribution in [0.3, 0.4) is 0 Å². The van der Waals surface area contributed by atoms with E-state index in [1.165, 1.54) is 12.8 Å². The summed E-state index contributed by atoms with van der Waals surface area (Å²) in [6.07, 6.45) is 2.36. The van der Waals surface area contributed by atoms with Crippen LogP contribution in [0.4, 0.5) is 0 Å². The number of rotatable bonds is 2. The van der Waals surface area contributed by atoms with Gasteiger partial charge in [0.2, 0.25) is 0 Å². The molecule has 128 valence electrons. The standard InChI is InChI=1S/C19H20N4O2/c1-11-14-5-3-4-6-15(14)25-16(11)19(24)22-9-10-23-18(12(22)2)20-17(21-23)13-7-8-13/h3-6,12-13H,7-10H2,1-2H3/t12-/m1/s1. The Bertz CT molecular complexity index is 983. The van der Waals surface area contributed by atoms with Crippen LogP contribution in [-0.4, -0.2) is 32.1 Å². The van der Waals surface area contributed by atoms with Gasteiger partial charge in [0.25, 0.3) is 5.91 Å². The molecular formula is C19H20N4O2. The summed E-state index contributed by atoms with van der Waals surface area (Å²) >= 11 is 0. The van der Waals surface area contributed by atoms with Crippen molar-refractivity contribution in [2.24, 2.45) is 0 Å². The van der Waals surface area contributed by atoms with Gasteiger partial charge >= 0.3 is 0 Å². The number of carbonyl (C=O) groups excluding carboxylic acids is 1. The van der Waals surface area contributed by atoms with Crippen LogP contribution in [0.25, 0.3) is 11.0 Å². The molecule has 0 spiro atoms. The van der Waals surface area contributed by atoms with Crippen molar-refractivity contribution in [3.05, 3.63) is 47.2 Å². The Morgan fingerprint density at radius 1 is 1.24 bits per heavy atom. The largest absolute Gasteiger partial charge is 0.451 e. The molecule has 0 unspecified atom stereocenters. The van der Waals surface area contributed by atoms with E-state index >= 15 is 0 Å². The Balaban J connectivity index is 1.49. The maximum atomic E-state index is 13.1. The maximum Gasteiger partial charge on any atom is 0.290 e. The minimum Gasteiger partial charge on any atom is -0.451 e. The molecule has 6 nitrogen and oxygen atoms in total. The van der Waals surface area contributed by atoms with E-state index in [0.29, 0.717) is 24.8 Å². The fraction of sp³-hybridized carbons (Fsp3) is 0.421. The molecule has 1 amide bonds. The number of aromatic nitrogens is 3. The van der Waals surface area contributed by atoms with Crippen molar-refractivity contribution in [3.8, 4) is 0 Å². The van der Waals surface area contributed by atoms with Gasteiger partial charge in [-0.15, -0.1) is 0 Å². The van der Waals surface area contributed by atoms with Gasteiger partial charge in [0.1, 0.15) is 11.4 Å². The monoisotopic (exact) mass is 336 g/mol. The zero-order valence-electron chi connectivity index (χ0n) is 14.4. The second-order valence-corrected chi connectivity index (χ2v) is 7.05. The highest BCUT2D eigenvalue weighted by Gasteiger charge is 2.36. The third-order valence-electron chi connectivity index (χ3n) is 5.35. The van der Waals surface area contributed by atoms with Crippen molar-refractivity contribution in [2.45, 2.75) is 45.2 Å². The number of para-hydroxylation sites is 1. The number of amides is 1. The SMILES string of the molecule is Cc1c(C(=O)N2CCn3nc(C4CC4)nc3[C@H]2C)oc2ccccc12. The lowest BCUT2D eigenvalue weighted by Crippen LogP contribution is -2.41. The first-order valence-electron chi connectivity index (χ1n) is 8.87. The minimum absolute atomic E-state index is 0.0663. The molecular weight excluding hydrogens is 316 g/mol. The molecule has 3 heterocycles. The van der Waals surface area contributed by atoms with Crippen LogP contribution >= 0.6 is 0 Å². The Morgan fingerprint density at radius 3 is 2.80 bits per heavy atom. The fourth-order valence-electron chi connectivity index (χ4n) is 3.68. The summed E-state index contributed by atoms with van der Waals surface area (Å²) in [5.74, 6) is 2.71. The third-order valence-corrected chi connectivity index (χ3v) is 5.35. The summed E-state index contributed by atoms with van der Waals surface area (Å²) in [7, 11) is 0. The molecule has 2 aliphatic rings. The Kier molecular flexibility index (Phi) is 3.04. The van der Waals surface area contributed by atoms with Crippen LogP contribution < -0.4 is 0 Å². The number of fused-ring (bicyclic) bond motifs is 2. The number of furan rings is 1. The summed E-state index contributed by atoms with van der Waals surface area (Å²) in [5.41, 5.74) is 1.66. The quantitative estimate of drug-likeness (QED) is 0.719. The maximum absolute atomic E-state index is 13.1. The van der Waals surface area contributed by atoms with E-state index in [0.717, 1.165) is 28.2 Å². The predicted molar refractivity (Wildman–Crippen MR) is 92.4 cm³/mol. The molecule has 1 aromatic carbocycles. The summed E-state index contributed by atoms with van der Waals surface area (Å²) in [6, 6.07) is 7.67. The molecule has 1 atom stereocenters. The van der Waals surface area contributed by atoms with Gasteiger partial charge < -0.3 is 9.32 Å². The Labute approximate surface area is 145 Å². The summed E-state index contributed by atoms with van der Waals surface area (Å²) in [5, 5.41) is 5.62. The summed E-state index contributed by atoms with van der Waals surface area (Å²) in [4.78, 5) is 19.7.